The lowest BCUT2D eigenvalue weighted by Gasteiger charge is -2.40. The van der Waals surface area contributed by atoms with Gasteiger partial charge < -0.3 is 29.9 Å². The zero-order chi connectivity index (χ0) is 26.2. The molecule has 3 atom stereocenters. The Balaban J connectivity index is 1.98. The third kappa shape index (κ3) is 7.33. The maximum Gasteiger partial charge on any atom is 0.249 e. The first-order valence-electron chi connectivity index (χ1n) is 11.2. The lowest BCUT2D eigenvalue weighted by atomic mass is 9.88. The normalized spacial score (nSPS) is 19.4. The summed E-state index contributed by atoms with van der Waals surface area (Å²) in [6.07, 6.45) is -0.434. The lowest BCUT2D eigenvalue weighted by molar-refractivity contribution is -0.143. The number of hydrogen-bond acceptors (Lipinski definition) is 6. The van der Waals surface area contributed by atoms with E-state index in [1.165, 1.54) is 12.0 Å². The van der Waals surface area contributed by atoms with Crippen LogP contribution in [0.1, 0.15) is 12.0 Å². The van der Waals surface area contributed by atoms with E-state index in [-0.39, 0.29) is 38.6 Å². The molecule has 0 bridgehead atoms. The van der Waals surface area contributed by atoms with E-state index in [0.717, 1.165) is 3.57 Å². The predicted octanol–water partition coefficient (Wildman–Crippen LogP) is 3.19. The Kier molecular flexibility index (Phi) is 10.8. The summed E-state index contributed by atoms with van der Waals surface area (Å²) in [4.78, 5) is 27.5. The van der Waals surface area contributed by atoms with Crippen LogP contribution >= 0.6 is 45.8 Å². The molecule has 0 aliphatic heterocycles. The van der Waals surface area contributed by atoms with Gasteiger partial charge >= 0.3 is 0 Å². The third-order valence-corrected chi connectivity index (χ3v) is 7.27. The molecule has 0 aromatic heterocycles. The highest BCUT2D eigenvalue weighted by Crippen LogP contribution is 2.31. The Morgan fingerprint density at radius 1 is 1.19 bits per heavy atom. The number of carbonyl (C=O) groups excluding carboxylic acids is 2. The fraction of sp³-hybridized carbons (Fsp3) is 0.360. The fourth-order valence-corrected chi connectivity index (χ4v) is 4.73. The highest BCUT2D eigenvalue weighted by atomic mass is 127. The van der Waals surface area contributed by atoms with Crippen molar-refractivity contribution in [3.63, 3.8) is 0 Å². The van der Waals surface area contributed by atoms with Crippen molar-refractivity contribution in [3.8, 4) is 5.75 Å². The monoisotopic (exact) mass is 648 g/mol. The van der Waals surface area contributed by atoms with Gasteiger partial charge in [0.15, 0.2) is 0 Å². The highest BCUT2D eigenvalue weighted by Gasteiger charge is 2.40. The zero-order valence-electron chi connectivity index (χ0n) is 19.5. The molecule has 0 radical (unpaired) electrons. The topological polar surface area (TPSA) is 108 Å². The van der Waals surface area contributed by atoms with Crippen molar-refractivity contribution in [2.75, 3.05) is 26.9 Å². The lowest BCUT2D eigenvalue weighted by Crippen LogP contribution is -2.55. The van der Waals surface area contributed by atoms with Gasteiger partial charge in [0.2, 0.25) is 11.8 Å². The number of ether oxygens (including phenoxy) is 2. The van der Waals surface area contributed by atoms with E-state index >= 15 is 0 Å². The maximum atomic E-state index is 13.1. The summed E-state index contributed by atoms with van der Waals surface area (Å²) in [7, 11) is 1.41. The van der Waals surface area contributed by atoms with Crippen molar-refractivity contribution in [2.45, 2.75) is 31.2 Å². The average molecular weight is 649 g/mol. The first-order valence-corrected chi connectivity index (χ1v) is 13.0. The molecule has 2 amide bonds. The van der Waals surface area contributed by atoms with Crippen molar-refractivity contribution in [1.29, 1.82) is 0 Å². The van der Waals surface area contributed by atoms with E-state index in [9.17, 15) is 14.7 Å². The van der Waals surface area contributed by atoms with Gasteiger partial charge in [0.1, 0.15) is 24.6 Å². The summed E-state index contributed by atoms with van der Waals surface area (Å²) in [6, 6.07) is 11.5. The molecule has 8 nitrogen and oxygen atoms in total. The Labute approximate surface area is 233 Å². The summed E-state index contributed by atoms with van der Waals surface area (Å²) in [5, 5.41) is 23.9. The molecule has 0 saturated carbocycles. The SMILES string of the molecule is COCC(=O)N(Cc1ccc(Cl)c(Cl)c1)C1CC(C(=O)NCCO)=CC(Oc2ccccc2I)C1O. The number of nitrogens with zero attached hydrogens (tertiary/aromatic N) is 1. The molecule has 2 aromatic rings. The standard InChI is InChI=1S/C25H27Cl2IN2O6/c1-35-14-23(32)30(13-15-6-7-17(26)18(27)10-15)20-11-16(25(34)29-8-9-31)12-22(24(20)33)36-21-5-3-2-4-19(21)28/h2-7,10,12,20,22,24,31,33H,8-9,11,13-14H2,1H3,(H,29,34). The molecule has 1 aliphatic rings. The molecule has 3 unspecified atom stereocenters. The number of aliphatic hydroxyl groups excluding tert-OH is 2. The predicted molar refractivity (Wildman–Crippen MR) is 145 cm³/mol. The fourth-order valence-electron chi connectivity index (χ4n) is 3.90. The Hall–Kier alpha value is -1.89. The average Bonchev–Trinajstić information content (AvgIpc) is 2.86. The van der Waals surface area contributed by atoms with Crippen LogP contribution in [0.5, 0.6) is 5.75 Å². The first-order chi connectivity index (χ1) is 17.2. The number of rotatable bonds is 10. The van der Waals surface area contributed by atoms with E-state index in [0.29, 0.717) is 26.9 Å². The van der Waals surface area contributed by atoms with Crippen molar-refractivity contribution < 1.29 is 29.3 Å². The van der Waals surface area contributed by atoms with Gasteiger partial charge in [-0.25, -0.2) is 0 Å². The smallest absolute Gasteiger partial charge is 0.249 e. The molecule has 3 rings (SSSR count). The molecule has 194 valence electrons. The minimum atomic E-state index is -1.15. The molecule has 0 saturated heterocycles. The van der Waals surface area contributed by atoms with Gasteiger partial charge in [0.25, 0.3) is 0 Å². The number of benzene rings is 2. The van der Waals surface area contributed by atoms with Gasteiger partial charge in [0, 0.05) is 32.2 Å². The van der Waals surface area contributed by atoms with E-state index in [1.807, 2.05) is 18.2 Å². The molecule has 36 heavy (non-hydrogen) atoms. The van der Waals surface area contributed by atoms with Crippen molar-refractivity contribution >= 4 is 57.6 Å². The number of halogens is 3. The summed E-state index contributed by atoms with van der Waals surface area (Å²) < 4.78 is 12.0. The number of para-hydroxylation sites is 1. The molecule has 11 heteroatoms. The van der Waals surface area contributed by atoms with Gasteiger partial charge in [-0.2, -0.15) is 0 Å². The molecule has 0 heterocycles. The zero-order valence-corrected chi connectivity index (χ0v) is 23.2. The van der Waals surface area contributed by atoms with Crippen LogP contribution in [0.3, 0.4) is 0 Å². The van der Waals surface area contributed by atoms with Crippen LogP contribution in [-0.2, 0) is 20.9 Å². The first kappa shape index (κ1) is 28.7. The quantitative estimate of drug-likeness (QED) is 0.342. The second-order valence-electron chi connectivity index (χ2n) is 8.15. The van der Waals surface area contributed by atoms with Crippen molar-refractivity contribution in [2.24, 2.45) is 0 Å². The van der Waals surface area contributed by atoms with Crippen molar-refractivity contribution in [3.05, 3.63) is 73.3 Å². The van der Waals surface area contributed by atoms with E-state index < -0.39 is 24.2 Å². The Bertz CT molecular complexity index is 1120. The van der Waals surface area contributed by atoms with Gasteiger partial charge in [-0.3, -0.25) is 9.59 Å². The number of methoxy groups -OCH3 is 1. The third-order valence-electron chi connectivity index (χ3n) is 5.64. The molecule has 1 aliphatic carbocycles. The largest absolute Gasteiger partial charge is 0.482 e. The Morgan fingerprint density at radius 3 is 2.61 bits per heavy atom. The molecule has 0 fully saturated rings. The number of hydrogen-bond donors (Lipinski definition) is 3. The van der Waals surface area contributed by atoms with E-state index in [4.69, 9.17) is 37.8 Å². The van der Waals surface area contributed by atoms with Crippen LogP contribution < -0.4 is 10.1 Å². The van der Waals surface area contributed by atoms with E-state index in [2.05, 4.69) is 27.9 Å². The van der Waals surface area contributed by atoms with Gasteiger partial charge in [0.05, 0.1) is 26.3 Å². The second kappa shape index (κ2) is 13.6. The number of amides is 2. The van der Waals surface area contributed by atoms with Gasteiger partial charge in [-0.15, -0.1) is 0 Å². The summed E-state index contributed by atoms with van der Waals surface area (Å²) in [5.74, 6) is -0.253. The summed E-state index contributed by atoms with van der Waals surface area (Å²) in [5.41, 5.74) is 1.02. The number of nitrogens with one attached hydrogen (secondary N) is 1. The molecular weight excluding hydrogens is 622 g/mol. The highest BCUT2D eigenvalue weighted by molar-refractivity contribution is 14.1. The van der Waals surface area contributed by atoms with Crippen LogP contribution in [0, 0.1) is 3.57 Å². The van der Waals surface area contributed by atoms with E-state index in [1.54, 1.807) is 30.3 Å². The van der Waals surface area contributed by atoms with Crippen LogP contribution in [0.15, 0.2) is 54.1 Å². The summed E-state index contributed by atoms with van der Waals surface area (Å²) >= 11 is 14.4. The molecule has 2 aromatic carbocycles. The number of aliphatic hydroxyl groups is 2. The second-order valence-corrected chi connectivity index (χ2v) is 10.1. The van der Waals surface area contributed by atoms with Crippen LogP contribution in [0.2, 0.25) is 10.0 Å². The van der Waals surface area contributed by atoms with Crippen LogP contribution in [-0.4, -0.2) is 72.0 Å². The molecule has 0 spiro atoms. The number of carbonyl (C=O) groups is 2. The Morgan fingerprint density at radius 2 is 1.94 bits per heavy atom. The summed E-state index contributed by atoms with van der Waals surface area (Å²) in [6.45, 7) is -0.269. The molecule has 3 N–H and O–H groups in total. The van der Waals surface area contributed by atoms with Crippen LogP contribution in [0.4, 0.5) is 0 Å². The van der Waals surface area contributed by atoms with Gasteiger partial charge in [-0.1, -0.05) is 41.4 Å². The van der Waals surface area contributed by atoms with Gasteiger partial charge in [-0.05, 0) is 58.5 Å². The minimum Gasteiger partial charge on any atom is -0.482 e. The van der Waals surface area contributed by atoms with Crippen LogP contribution in [0.25, 0.3) is 0 Å². The van der Waals surface area contributed by atoms with Crippen molar-refractivity contribution in [1.82, 2.24) is 10.2 Å². The maximum absolute atomic E-state index is 13.1. The minimum absolute atomic E-state index is 0.0704. The molecular formula is C25H27Cl2IN2O6.